The summed E-state index contributed by atoms with van der Waals surface area (Å²) in [7, 11) is 0. The summed E-state index contributed by atoms with van der Waals surface area (Å²) < 4.78 is 23.8. The highest BCUT2D eigenvalue weighted by molar-refractivity contribution is 5.58. The van der Waals surface area contributed by atoms with Crippen LogP contribution in [-0.4, -0.2) is 13.2 Å². The third-order valence-corrected chi connectivity index (χ3v) is 6.96. The van der Waals surface area contributed by atoms with Gasteiger partial charge in [-0.1, -0.05) is 78.1 Å². The first-order valence-electron chi connectivity index (χ1n) is 15.5. The van der Waals surface area contributed by atoms with E-state index in [0.29, 0.717) is 36.2 Å². The Balaban J connectivity index is 1.56. The highest BCUT2D eigenvalue weighted by atomic mass is 16.5. The second-order valence-electron chi connectivity index (χ2n) is 10.4. The van der Waals surface area contributed by atoms with Crippen molar-refractivity contribution in [3.05, 3.63) is 71.8 Å². The lowest BCUT2D eigenvalue weighted by Crippen LogP contribution is -1.98. The number of nitrogens with zero attached hydrogens (tertiary/aromatic N) is 2. The summed E-state index contributed by atoms with van der Waals surface area (Å²) in [6.07, 6.45) is 14.6. The molecule has 0 fully saturated rings. The predicted molar refractivity (Wildman–Crippen MR) is 167 cm³/mol. The van der Waals surface area contributed by atoms with E-state index in [4.69, 9.17) is 18.9 Å². The fourth-order valence-corrected chi connectivity index (χ4v) is 4.51. The van der Waals surface area contributed by atoms with E-state index in [1.807, 2.05) is 24.3 Å². The molecule has 222 valence electrons. The third kappa shape index (κ3) is 11.4. The number of benzene rings is 3. The Hall–Kier alpha value is -4.16. The molecule has 0 unspecified atom stereocenters. The number of hydrogen-bond donors (Lipinski definition) is 0. The molecule has 0 saturated heterocycles. The summed E-state index contributed by atoms with van der Waals surface area (Å²) in [5, 5.41) is 19.4. The molecule has 0 heterocycles. The minimum Gasteiger partial charge on any atom is -0.494 e. The lowest BCUT2D eigenvalue weighted by molar-refractivity contribution is 0.304. The zero-order chi connectivity index (χ0) is 29.8. The van der Waals surface area contributed by atoms with E-state index in [0.717, 1.165) is 24.3 Å². The van der Waals surface area contributed by atoms with E-state index in [2.05, 4.69) is 26.0 Å². The highest BCUT2D eigenvalue weighted by Crippen LogP contribution is 2.35. The van der Waals surface area contributed by atoms with Gasteiger partial charge in [0.2, 0.25) is 0 Å². The highest BCUT2D eigenvalue weighted by Gasteiger charge is 2.14. The molecule has 0 bridgehead atoms. The monoisotopic (exact) mass is 568 g/mol. The van der Waals surface area contributed by atoms with Crippen molar-refractivity contribution >= 4 is 0 Å². The van der Waals surface area contributed by atoms with E-state index < -0.39 is 0 Å². The van der Waals surface area contributed by atoms with Crippen molar-refractivity contribution in [2.24, 2.45) is 0 Å². The van der Waals surface area contributed by atoms with Gasteiger partial charge in [-0.15, -0.1) is 0 Å². The molecule has 3 aromatic rings. The maximum absolute atomic E-state index is 9.69. The Kier molecular flexibility index (Phi) is 14.7. The number of hydrogen-bond acceptors (Lipinski definition) is 6. The van der Waals surface area contributed by atoms with Crippen LogP contribution in [0.5, 0.6) is 34.5 Å². The maximum Gasteiger partial charge on any atom is 0.148 e. The number of nitriles is 2. The Bertz CT molecular complexity index is 1180. The van der Waals surface area contributed by atoms with E-state index >= 15 is 0 Å². The number of rotatable bonds is 20. The molecule has 0 N–H and O–H groups in total. The van der Waals surface area contributed by atoms with Gasteiger partial charge in [-0.3, -0.25) is 0 Å². The van der Waals surface area contributed by atoms with Crippen molar-refractivity contribution < 1.29 is 18.9 Å². The molecule has 6 heteroatoms. The quantitative estimate of drug-likeness (QED) is 0.126. The van der Waals surface area contributed by atoms with Gasteiger partial charge in [-0.25, -0.2) is 0 Å². The molecule has 0 saturated carbocycles. The number of unbranched alkanes of at least 4 members (excludes halogenated alkanes) is 10. The molecule has 6 nitrogen and oxygen atoms in total. The molecule has 0 spiro atoms. The Morgan fingerprint density at radius 1 is 0.476 bits per heavy atom. The molecule has 0 aromatic heterocycles. The standard InChI is InChI=1S/C36H44N2O4/c1-3-5-7-9-11-13-23-39-31-15-19-33(20-16-31)41-35-26-36(30(28-38)25-29(35)27-37)42-34-21-17-32(18-22-34)40-24-14-12-10-8-6-4-2/h15-22,25-26H,3-14,23-24H2,1-2H3. The summed E-state index contributed by atoms with van der Waals surface area (Å²) in [5.41, 5.74) is 0.501. The summed E-state index contributed by atoms with van der Waals surface area (Å²) in [6.45, 7) is 5.82. The summed E-state index contributed by atoms with van der Waals surface area (Å²) in [4.78, 5) is 0. The summed E-state index contributed by atoms with van der Waals surface area (Å²) in [5.74, 6) is 3.29. The Labute approximate surface area is 251 Å². The van der Waals surface area contributed by atoms with Crippen molar-refractivity contribution in [3.63, 3.8) is 0 Å². The molecular weight excluding hydrogens is 524 g/mol. The van der Waals surface area contributed by atoms with Crippen molar-refractivity contribution in [2.45, 2.75) is 90.9 Å². The predicted octanol–water partition coefficient (Wildman–Crippen LogP) is 10.5. The van der Waals surface area contributed by atoms with Crippen molar-refractivity contribution in [1.29, 1.82) is 10.5 Å². The lowest BCUT2D eigenvalue weighted by Gasteiger charge is -2.13. The first kappa shape index (κ1) is 32.4. The lowest BCUT2D eigenvalue weighted by atomic mass is 10.1. The molecule has 0 aliphatic carbocycles. The van der Waals surface area contributed by atoms with Crippen LogP contribution in [-0.2, 0) is 0 Å². The van der Waals surface area contributed by atoms with Gasteiger partial charge in [0.15, 0.2) is 0 Å². The van der Waals surface area contributed by atoms with Crippen molar-refractivity contribution in [2.75, 3.05) is 13.2 Å². The molecular formula is C36H44N2O4. The van der Waals surface area contributed by atoms with Gasteiger partial charge in [-0.2, -0.15) is 10.5 Å². The van der Waals surface area contributed by atoms with Crippen LogP contribution in [0, 0.1) is 22.7 Å². The van der Waals surface area contributed by atoms with Crippen LogP contribution in [0.3, 0.4) is 0 Å². The minimum atomic E-state index is 0.251. The minimum absolute atomic E-state index is 0.251. The van der Waals surface area contributed by atoms with Gasteiger partial charge >= 0.3 is 0 Å². The first-order chi connectivity index (χ1) is 20.7. The molecule has 0 aliphatic heterocycles. The molecule has 0 atom stereocenters. The molecule has 0 amide bonds. The second-order valence-corrected chi connectivity index (χ2v) is 10.4. The maximum atomic E-state index is 9.69. The van der Waals surface area contributed by atoms with Crippen molar-refractivity contribution in [1.82, 2.24) is 0 Å². The van der Waals surface area contributed by atoms with Crippen LogP contribution in [0.4, 0.5) is 0 Å². The summed E-state index contributed by atoms with van der Waals surface area (Å²) >= 11 is 0. The van der Waals surface area contributed by atoms with Crippen LogP contribution < -0.4 is 18.9 Å². The second kappa shape index (κ2) is 19.1. The normalized spacial score (nSPS) is 10.5. The molecule has 42 heavy (non-hydrogen) atoms. The average molecular weight is 569 g/mol. The van der Waals surface area contributed by atoms with Crippen LogP contribution in [0.1, 0.15) is 102 Å². The van der Waals surface area contributed by atoms with E-state index in [9.17, 15) is 10.5 Å². The molecule has 0 radical (unpaired) electrons. The van der Waals surface area contributed by atoms with Crippen LogP contribution in [0.2, 0.25) is 0 Å². The van der Waals surface area contributed by atoms with E-state index in [1.54, 1.807) is 30.3 Å². The molecule has 3 rings (SSSR count). The van der Waals surface area contributed by atoms with Gasteiger partial charge in [0.05, 0.1) is 24.3 Å². The topological polar surface area (TPSA) is 84.5 Å². The van der Waals surface area contributed by atoms with Crippen LogP contribution >= 0.6 is 0 Å². The fraction of sp³-hybridized carbons (Fsp3) is 0.444. The Morgan fingerprint density at radius 3 is 1.21 bits per heavy atom. The van der Waals surface area contributed by atoms with Gasteiger partial charge < -0.3 is 18.9 Å². The summed E-state index contributed by atoms with van der Waals surface area (Å²) in [6, 6.07) is 22.0. The third-order valence-electron chi connectivity index (χ3n) is 6.96. The van der Waals surface area contributed by atoms with E-state index in [-0.39, 0.29) is 11.1 Å². The zero-order valence-corrected chi connectivity index (χ0v) is 25.2. The van der Waals surface area contributed by atoms with Crippen LogP contribution in [0.15, 0.2) is 60.7 Å². The van der Waals surface area contributed by atoms with E-state index in [1.165, 1.54) is 70.3 Å². The van der Waals surface area contributed by atoms with Gasteiger partial charge in [0.1, 0.15) is 46.6 Å². The van der Waals surface area contributed by atoms with Gasteiger partial charge in [0.25, 0.3) is 0 Å². The van der Waals surface area contributed by atoms with Gasteiger partial charge in [0, 0.05) is 6.07 Å². The fourth-order valence-electron chi connectivity index (χ4n) is 4.51. The molecule has 3 aromatic carbocycles. The average Bonchev–Trinajstić information content (AvgIpc) is 3.02. The van der Waals surface area contributed by atoms with Gasteiger partial charge in [-0.05, 0) is 67.4 Å². The molecule has 0 aliphatic rings. The Morgan fingerprint density at radius 2 is 0.833 bits per heavy atom. The van der Waals surface area contributed by atoms with Crippen molar-refractivity contribution in [3.8, 4) is 46.6 Å². The SMILES string of the molecule is CCCCCCCCOc1ccc(Oc2cc(Oc3ccc(OCCCCCCCC)cc3)c(C#N)cc2C#N)cc1. The smallest absolute Gasteiger partial charge is 0.148 e. The largest absolute Gasteiger partial charge is 0.494 e. The zero-order valence-electron chi connectivity index (χ0n) is 25.2. The van der Waals surface area contributed by atoms with Crippen LogP contribution in [0.25, 0.3) is 0 Å². The number of ether oxygens (including phenoxy) is 4. The first-order valence-corrected chi connectivity index (χ1v) is 15.5.